The van der Waals surface area contributed by atoms with E-state index in [1.54, 1.807) is 7.11 Å². The zero-order chi connectivity index (χ0) is 22.2. The molecule has 1 aliphatic heterocycles. The number of hydrogen-bond donors (Lipinski definition) is 2. The molecule has 2 N–H and O–H groups in total. The van der Waals surface area contributed by atoms with Crippen molar-refractivity contribution in [3.8, 4) is 28.1 Å². The summed E-state index contributed by atoms with van der Waals surface area (Å²) in [6.45, 7) is 3.50. The van der Waals surface area contributed by atoms with Gasteiger partial charge in [-0.1, -0.05) is 36.8 Å². The van der Waals surface area contributed by atoms with Crippen molar-refractivity contribution in [3.05, 3.63) is 78.6 Å². The van der Waals surface area contributed by atoms with E-state index in [-0.39, 0.29) is 0 Å². The molecule has 0 atom stereocenters. The topological polar surface area (TPSA) is 44.0 Å². The number of H-pyrrole nitrogens is 2. The van der Waals surface area contributed by atoms with E-state index in [2.05, 4.69) is 75.8 Å². The average Bonchev–Trinajstić information content (AvgIpc) is 3.51. The van der Waals surface area contributed by atoms with Crippen molar-refractivity contribution in [2.75, 3.05) is 20.2 Å². The Morgan fingerprint density at radius 3 is 2.36 bits per heavy atom. The Morgan fingerprint density at radius 1 is 0.818 bits per heavy atom. The Morgan fingerprint density at radius 2 is 1.58 bits per heavy atom. The molecule has 0 spiro atoms. The van der Waals surface area contributed by atoms with Crippen molar-refractivity contribution in [3.63, 3.8) is 0 Å². The van der Waals surface area contributed by atoms with Crippen molar-refractivity contribution in [2.24, 2.45) is 0 Å². The fourth-order valence-electron chi connectivity index (χ4n) is 5.21. The summed E-state index contributed by atoms with van der Waals surface area (Å²) in [5.41, 5.74) is 7.37. The van der Waals surface area contributed by atoms with E-state index in [1.165, 1.54) is 76.3 Å². The highest BCUT2D eigenvalue weighted by Crippen LogP contribution is 2.37. The number of benzene rings is 3. The predicted octanol–water partition coefficient (Wildman–Crippen LogP) is 6.98. The van der Waals surface area contributed by atoms with E-state index in [1.807, 2.05) is 12.1 Å². The van der Waals surface area contributed by atoms with Crippen LogP contribution in [0.2, 0.25) is 0 Å². The number of aromatic amines is 2. The molecule has 0 radical (unpaired) electrons. The lowest BCUT2D eigenvalue weighted by Gasteiger charge is -2.26. The number of nitrogens with one attached hydrogen (secondary N) is 2. The number of rotatable bonds is 5. The molecule has 4 nitrogen and oxygen atoms in total. The minimum absolute atomic E-state index is 0.874. The Bertz CT molecular complexity index is 1400. The van der Waals surface area contributed by atoms with Gasteiger partial charge in [-0.2, -0.15) is 0 Å². The summed E-state index contributed by atoms with van der Waals surface area (Å²) in [6.07, 6.45) is 8.23. The monoisotopic (exact) mass is 435 g/mol. The largest absolute Gasteiger partial charge is 0.497 e. The summed E-state index contributed by atoms with van der Waals surface area (Å²) in [5, 5.41) is 3.73. The average molecular weight is 436 g/mol. The SMILES string of the molecule is COc1ccc(-c2ccc(-c3cc4cc(CN5CCCCC5)ccc4[nH]3)c3c[nH]cc23)cc1. The summed E-state index contributed by atoms with van der Waals surface area (Å²) in [6, 6.07) is 21.9. The van der Waals surface area contributed by atoms with Crippen molar-refractivity contribution < 1.29 is 4.74 Å². The molecule has 2 aromatic heterocycles. The maximum absolute atomic E-state index is 5.32. The lowest BCUT2D eigenvalue weighted by atomic mass is 9.96. The van der Waals surface area contributed by atoms with Gasteiger partial charge in [0.25, 0.3) is 0 Å². The molecule has 3 heterocycles. The zero-order valence-electron chi connectivity index (χ0n) is 19.0. The van der Waals surface area contributed by atoms with Crippen LogP contribution < -0.4 is 4.74 Å². The van der Waals surface area contributed by atoms with Crippen LogP contribution in [0.25, 0.3) is 44.1 Å². The van der Waals surface area contributed by atoms with Gasteiger partial charge >= 0.3 is 0 Å². The quantitative estimate of drug-likeness (QED) is 0.313. The number of hydrogen-bond acceptors (Lipinski definition) is 2. The van der Waals surface area contributed by atoms with Crippen molar-refractivity contribution >= 4 is 21.7 Å². The lowest BCUT2D eigenvalue weighted by Crippen LogP contribution is -2.28. The molecule has 3 aromatic carbocycles. The van der Waals surface area contributed by atoms with Gasteiger partial charge in [0.05, 0.1) is 7.11 Å². The van der Waals surface area contributed by atoms with Crippen LogP contribution in [0, 0.1) is 0 Å². The van der Waals surface area contributed by atoms with Gasteiger partial charge in [-0.05, 0) is 73.0 Å². The summed E-state index contributed by atoms with van der Waals surface area (Å²) >= 11 is 0. The van der Waals surface area contributed by atoms with Crippen LogP contribution in [0.4, 0.5) is 0 Å². The van der Waals surface area contributed by atoms with Crippen LogP contribution in [0.1, 0.15) is 24.8 Å². The van der Waals surface area contributed by atoms with Crippen LogP contribution in [-0.4, -0.2) is 35.1 Å². The van der Waals surface area contributed by atoms with Gasteiger partial charge in [0.2, 0.25) is 0 Å². The van der Waals surface area contributed by atoms with E-state index in [0.717, 1.165) is 18.0 Å². The fourth-order valence-corrected chi connectivity index (χ4v) is 5.21. The molecule has 1 aliphatic rings. The molecular weight excluding hydrogens is 406 g/mol. The fraction of sp³-hybridized carbons (Fsp3) is 0.241. The van der Waals surface area contributed by atoms with Gasteiger partial charge in [-0.15, -0.1) is 0 Å². The second-order valence-electron chi connectivity index (χ2n) is 9.11. The molecule has 0 bridgehead atoms. The van der Waals surface area contributed by atoms with Crippen molar-refractivity contribution in [1.29, 1.82) is 0 Å². The summed E-state index contributed by atoms with van der Waals surface area (Å²) in [4.78, 5) is 9.56. The Balaban J connectivity index is 1.35. The highest BCUT2D eigenvalue weighted by atomic mass is 16.5. The zero-order valence-corrected chi connectivity index (χ0v) is 19.0. The number of piperidine rings is 1. The number of likely N-dealkylation sites (tertiary alicyclic amines) is 1. The van der Waals surface area contributed by atoms with Crippen LogP contribution in [0.3, 0.4) is 0 Å². The third-order valence-electron chi connectivity index (χ3n) is 6.97. The number of fused-ring (bicyclic) bond motifs is 2. The van der Waals surface area contributed by atoms with Gasteiger partial charge in [0, 0.05) is 51.9 Å². The molecule has 4 heteroatoms. The highest BCUT2D eigenvalue weighted by Gasteiger charge is 2.14. The molecule has 1 saturated heterocycles. The van der Waals surface area contributed by atoms with Crippen LogP contribution >= 0.6 is 0 Å². The minimum Gasteiger partial charge on any atom is -0.497 e. The van der Waals surface area contributed by atoms with Crippen molar-refractivity contribution in [1.82, 2.24) is 14.9 Å². The van der Waals surface area contributed by atoms with E-state index in [9.17, 15) is 0 Å². The molecule has 33 heavy (non-hydrogen) atoms. The first-order valence-corrected chi connectivity index (χ1v) is 11.9. The Kier molecular flexibility index (Phi) is 5.16. The second-order valence-corrected chi connectivity index (χ2v) is 9.11. The Hall–Kier alpha value is -3.50. The van der Waals surface area contributed by atoms with Gasteiger partial charge < -0.3 is 14.7 Å². The lowest BCUT2D eigenvalue weighted by molar-refractivity contribution is 0.221. The molecule has 0 amide bonds. The number of methoxy groups -OCH3 is 1. The second kappa shape index (κ2) is 8.45. The number of ether oxygens (including phenoxy) is 1. The molecule has 0 aliphatic carbocycles. The van der Waals surface area contributed by atoms with Crippen LogP contribution in [0.5, 0.6) is 5.75 Å². The molecule has 6 rings (SSSR count). The standard InChI is InChI=1S/C29H29N3O/c1-33-23-8-6-21(7-9-23)24-10-11-25(27-18-30-17-26(24)27)29-16-22-15-20(5-12-28(22)31-29)19-32-13-3-2-4-14-32/h5-12,15-18,30-31H,2-4,13-14,19H2,1H3. The first-order chi connectivity index (χ1) is 16.3. The summed E-state index contributed by atoms with van der Waals surface area (Å²) < 4.78 is 5.32. The maximum Gasteiger partial charge on any atom is 0.118 e. The third-order valence-corrected chi connectivity index (χ3v) is 6.97. The molecule has 166 valence electrons. The number of nitrogens with zero attached hydrogens (tertiary/aromatic N) is 1. The van der Waals surface area contributed by atoms with Gasteiger partial charge in [-0.25, -0.2) is 0 Å². The molecule has 0 saturated carbocycles. The highest BCUT2D eigenvalue weighted by molar-refractivity contribution is 6.05. The van der Waals surface area contributed by atoms with Crippen LogP contribution in [-0.2, 0) is 6.54 Å². The first-order valence-electron chi connectivity index (χ1n) is 11.9. The molecular formula is C29H29N3O. The van der Waals surface area contributed by atoms with Crippen molar-refractivity contribution in [2.45, 2.75) is 25.8 Å². The normalized spacial score (nSPS) is 14.8. The summed E-state index contributed by atoms with van der Waals surface area (Å²) in [7, 11) is 1.70. The van der Waals surface area contributed by atoms with Gasteiger partial charge in [0.15, 0.2) is 0 Å². The van der Waals surface area contributed by atoms with Gasteiger partial charge in [-0.3, -0.25) is 4.90 Å². The van der Waals surface area contributed by atoms with E-state index >= 15 is 0 Å². The minimum atomic E-state index is 0.874. The first kappa shape index (κ1) is 20.1. The predicted molar refractivity (Wildman–Crippen MR) is 137 cm³/mol. The smallest absolute Gasteiger partial charge is 0.118 e. The van der Waals surface area contributed by atoms with Crippen LogP contribution in [0.15, 0.2) is 73.1 Å². The molecule has 1 fully saturated rings. The Labute approximate surface area is 194 Å². The maximum atomic E-state index is 5.32. The van der Waals surface area contributed by atoms with E-state index in [4.69, 9.17) is 4.74 Å². The summed E-state index contributed by atoms with van der Waals surface area (Å²) in [5.74, 6) is 0.874. The van der Waals surface area contributed by atoms with E-state index < -0.39 is 0 Å². The van der Waals surface area contributed by atoms with E-state index in [0.29, 0.717) is 0 Å². The molecule has 0 unspecified atom stereocenters. The van der Waals surface area contributed by atoms with Gasteiger partial charge in [0.1, 0.15) is 5.75 Å². The number of aromatic nitrogens is 2. The molecule has 5 aromatic rings. The third kappa shape index (κ3) is 3.81.